The van der Waals surface area contributed by atoms with Gasteiger partial charge in [-0.3, -0.25) is 29.8 Å². The minimum Gasteiger partial charge on any atom is -0.350 e. The fourth-order valence-electron chi connectivity index (χ4n) is 2.73. The van der Waals surface area contributed by atoms with E-state index in [1.807, 2.05) is 0 Å². The van der Waals surface area contributed by atoms with Gasteiger partial charge < -0.3 is 10.2 Å². The van der Waals surface area contributed by atoms with Crippen molar-refractivity contribution in [2.24, 2.45) is 0 Å². The molecule has 0 heterocycles. The van der Waals surface area contributed by atoms with E-state index in [1.165, 1.54) is 31.2 Å². The van der Waals surface area contributed by atoms with Gasteiger partial charge in [-0.1, -0.05) is 12.1 Å². The van der Waals surface area contributed by atoms with Gasteiger partial charge in [0.2, 0.25) is 5.91 Å². The molecule has 2 amide bonds. The molecule has 0 aliphatic carbocycles. The molecule has 2 aromatic carbocycles. The van der Waals surface area contributed by atoms with Crippen molar-refractivity contribution < 1.29 is 23.8 Å². The highest BCUT2D eigenvalue weighted by molar-refractivity contribution is 5.99. The second-order valence-electron chi connectivity index (χ2n) is 6.37. The molecule has 30 heavy (non-hydrogen) atoms. The summed E-state index contributed by atoms with van der Waals surface area (Å²) in [6.07, 6.45) is 0. The Hall–Kier alpha value is -3.89. The summed E-state index contributed by atoms with van der Waals surface area (Å²) in [5.41, 5.74) is -0.731. The summed E-state index contributed by atoms with van der Waals surface area (Å²) in [4.78, 5) is 46.9. The maximum Gasteiger partial charge on any atom is 0.279 e. The number of hydrogen-bond acceptors (Lipinski definition) is 6. The van der Waals surface area contributed by atoms with Gasteiger partial charge >= 0.3 is 0 Å². The van der Waals surface area contributed by atoms with Crippen LogP contribution in [0, 0.1) is 33.0 Å². The maximum absolute atomic E-state index is 12.9. The molecular formula is C19H19FN4O6. The number of rotatable bonds is 8. The molecule has 0 aromatic heterocycles. The van der Waals surface area contributed by atoms with Crippen LogP contribution in [0.3, 0.4) is 0 Å². The standard InChI is InChI=1S/C19H19FN4O6/c1-3-22(11-18(25)21-10-13-4-6-14(20)7-5-13)19(26)16-8-15(23(27)28)9-17(12(16)2)24(29)30/h4-9H,3,10-11H2,1-2H3,(H,21,25). The topological polar surface area (TPSA) is 136 Å². The van der Waals surface area contributed by atoms with E-state index in [0.717, 1.165) is 17.0 Å². The van der Waals surface area contributed by atoms with Gasteiger partial charge in [-0.25, -0.2) is 4.39 Å². The first-order valence-corrected chi connectivity index (χ1v) is 8.87. The minimum absolute atomic E-state index is 0.0271. The Morgan fingerprint density at radius 1 is 1.10 bits per heavy atom. The third kappa shape index (κ3) is 5.34. The molecule has 2 rings (SSSR count). The van der Waals surface area contributed by atoms with Crippen LogP contribution in [-0.4, -0.2) is 39.7 Å². The number of amides is 2. The van der Waals surface area contributed by atoms with Crippen LogP contribution in [0.15, 0.2) is 36.4 Å². The van der Waals surface area contributed by atoms with E-state index in [0.29, 0.717) is 5.56 Å². The van der Waals surface area contributed by atoms with Crippen molar-refractivity contribution in [3.63, 3.8) is 0 Å². The summed E-state index contributed by atoms with van der Waals surface area (Å²) in [5.74, 6) is -1.65. The fourth-order valence-corrected chi connectivity index (χ4v) is 2.73. The predicted molar refractivity (Wildman–Crippen MR) is 104 cm³/mol. The molecule has 0 atom stereocenters. The zero-order chi connectivity index (χ0) is 22.4. The number of nitro benzene ring substituents is 2. The van der Waals surface area contributed by atoms with Crippen LogP contribution >= 0.6 is 0 Å². The molecule has 0 saturated carbocycles. The van der Waals surface area contributed by atoms with Crippen molar-refractivity contribution in [2.75, 3.05) is 13.1 Å². The first-order chi connectivity index (χ1) is 14.1. The molecule has 11 heteroatoms. The number of nitro groups is 2. The molecule has 158 valence electrons. The Kier molecular flexibility index (Phi) is 7.13. The highest BCUT2D eigenvalue weighted by atomic mass is 19.1. The summed E-state index contributed by atoms with van der Waals surface area (Å²) in [5, 5.41) is 24.9. The molecule has 0 aliphatic heterocycles. The molecule has 0 aliphatic rings. The second kappa shape index (κ2) is 9.54. The van der Waals surface area contributed by atoms with Gasteiger partial charge in [-0.15, -0.1) is 0 Å². The summed E-state index contributed by atoms with van der Waals surface area (Å²) in [6.45, 7) is 2.78. The van der Waals surface area contributed by atoms with Gasteiger partial charge in [0.15, 0.2) is 0 Å². The molecule has 10 nitrogen and oxygen atoms in total. The number of carbonyl (C=O) groups is 2. The lowest BCUT2D eigenvalue weighted by molar-refractivity contribution is -0.394. The summed E-state index contributed by atoms with van der Waals surface area (Å²) in [6, 6.07) is 7.26. The van der Waals surface area contributed by atoms with E-state index in [2.05, 4.69) is 5.32 Å². The normalized spacial score (nSPS) is 10.4. The number of carbonyl (C=O) groups excluding carboxylic acids is 2. The second-order valence-corrected chi connectivity index (χ2v) is 6.37. The van der Waals surface area contributed by atoms with Gasteiger partial charge in [0.1, 0.15) is 5.82 Å². The lowest BCUT2D eigenvalue weighted by atomic mass is 10.0. The number of nitrogens with zero attached hydrogens (tertiary/aromatic N) is 3. The van der Waals surface area contributed by atoms with Crippen molar-refractivity contribution in [1.29, 1.82) is 0 Å². The van der Waals surface area contributed by atoms with Crippen molar-refractivity contribution in [3.05, 3.63) is 79.1 Å². The van der Waals surface area contributed by atoms with E-state index in [9.17, 15) is 34.2 Å². The molecule has 0 unspecified atom stereocenters. The van der Waals surface area contributed by atoms with E-state index >= 15 is 0 Å². The van der Waals surface area contributed by atoms with Crippen LogP contribution in [0.1, 0.15) is 28.4 Å². The molecule has 1 N–H and O–H groups in total. The summed E-state index contributed by atoms with van der Waals surface area (Å²) < 4.78 is 12.9. The first kappa shape index (κ1) is 22.4. The first-order valence-electron chi connectivity index (χ1n) is 8.87. The highest BCUT2D eigenvalue weighted by Crippen LogP contribution is 2.28. The maximum atomic E-state index is 12.9. The Bertz CT molecular complexity index is 993. The lowest BCUT2D eigenvalue weighted by Gasteiger charge is -2.21. The Balaban J connectivity index is 2.18. The van der Waals surface area contributed by atoms with Crippen LogP contribution in [0.2, 0.25) is 0 Å². The number of likely N-dealkylation sites (N-methyl/N-ethyl adjacent to an activating group) is 1. The van der Waals surface area contributed by atoms with Crippen molar-refractivity contribution in [1.82, 2.24) is 10.2 Å². The van der Waals surface area contributed by atoms with Crippen LogP contribution in [0.4, 0.5) is 15.8 Å². The number of non-ortho nitro benzene ring substituents is 1. The van der Waals surface area contributed by atoms with E-state index in [-0.39, 0.29) is 30.8 Å². The van der Waals surface area contributed by atoms with Gasteiger partial charge in [0.05, 0.1) is 28.0 Å². The molecule has 0 spiro atoms. The number of benzene rings is 2. The Morgan fingerprint density at radius 3 is 2.27 bits per heavy atom. The summed E-state index contributed by atoms with van der Waals surface area (Å²) in [7, 11) is 0. The average molecular weight is 418 g/mol. The summed E-state index contributed by atoms with van der Waals surface area (Å²) >= 11 is 0. The Labute approximate surface area is 170 Å². The molecule has 0 fully saturated rings. The van der Waals surface area contributed by atoms with Crippen molar-refractivity contribution in [2.45, 2.75) is 20.4 Å². The minimum atomic E-state index is -0.824. The average Bonchev–Trinajstić information content (AvgIpc) is 2.70. The molecule has 2 aromatic rings. The zero-order valence-electron chi connectivity index (χ0n) is 16.3. The van der Waals surface area contributed by atoms with Crippen molar-refractivity contribution >= 4 is 23.2 Å². The van der Waals surface area contributed by atoms with Gasteiger partial charge in [0.25, 0.3) is 17.3 Å². The highest BCUT2D eigenvalue weighted by Gasteiger charge is 2.27. The molecule has 0 saturated heterocycles. The van der Waals surface area contributed by atoms with Gasteiger partial charge in [-0.2, -0.15) is 0 Å². The molecule has 0 radical (unpaired) electrons. The largest absolute Gasteiger partial charge is 0.350 e. The third-order valence-electron chi connectivity index (χ3n) is 4.41. The fraction of sp³-hybridized carbons (Fsp3) is 0.263. The lowest BCUT2D eigenvalue weighted by Crippen LogP contribution is -2.40. The third-order valence-corrected chi connectivity index (χ3v) is 4.41. The van der Waals surface area contributed by atoms with Gasteiger partial charge in [0, 0.05) is 24.7 Å². The zero-order valence-corrected chi connectivity index (χ0v) is 16.3. The van der Waals surface area contributed by atoms with Crippen LogP contribution in [0.25, 0.3) is 0 Å². The molecule has 0 bridgehead atoms. The monoisotopic (exact) mass is 418 g/mol. The number of halogens is 1. The van der Waals surface area contributed by atoms with Crippen LogP contribution in [0.5, 0.6) is 0 Å². The molecular weight excluding hydrogens is 399 g/mol. The number of nitrogens with one attached hydrogen (secondary N) is 1. The van der Waals surface area contributed by atoms with Crippen LogP contribution in [-0.2, 0) is 11.3 Å². The predicted octanol–water partition coefficient (Wildman–Crippen LogP) is 2.73. The smallest absolute Gasteiger partial charge is 0.279 e. The van der Waals surface area contributed by atoms with E-state index < -0.39 is 38.9 Å². The van der Waals surface area contributed by atoms with Gasteiger partial charge in [-0.05, 0) is 31.5 Å². The quantitative estimate of drug-likeness (QED) is 0.517. The Morgan fingerprint density at radius 2 is 1.73 bits per heavy atom. The number of hydrogen-bond donors (Lipinski definition) is 1. The van der Waals surface area contributed by atoms with Crippen molar-refractivity contribution in [3.8, 4) is 0 Å². The van der Waals surface area contributed by atoms with E-state index in [1.54, 1.807) is 6.92 Å². The van der Waals surface area contributed by atoms with Crippen LogP contribution < -0.4 is 5.32 Å². The van der Waals surface area contributed by atoms with E-state index in [4.69, 9.17) is 0 Å². The SMILES string of the molecule is CCN(CC(=O)NCc1ccc(F)cc1)C(=O)c1cc([N+](=O)[O-])cc([N+](=O)[O-])c1C.